The number of carbonyl (C=O) groups excluding carboxylic acids is 3. The Kier molecular flexibility index (Phi) is 9.74. The van der Waals surface area contributed by atoms with Crippen LogP contribution in [0, 0.1) is 44.3 Å². The van der Waals surface area contributed by atoms with E-state index >= 15 is 0 Å². The number of hydrogen-bond acceptors (Lipinski definition) is 8. The molecule has 0 spiro atoms. The van der Waals surface area contributed by atoms with Gasteiger partial charge in [0.25, 0.3) is 0 Å². The smallest absolute Gasteiger partial charge is 0.332 e. The highest BCUT2D eigenvalue weighted by molar-refractivity contribution is 6.06. The van der Waals surface area contributed by atoms with Gasteiger partial charge < -0.3 is 19.3 Å². The molecule has 1 aromatic carbocycles. The zero-order valence-electron chi connectivity index (χ0n) is 31.8. The minimum atomic E-state index is -0.593. The van der Waals surface area contributed by atoms with E-state index in [1.807, 2.05) is 13.0 Å². The molecule has 3 saturated carbocycles. The molecule has 0 amide bonds. The Morgan fingerprint density at radius 1 is 0.942 bits per heavy atom. The molecule has 52 heavy (non-hydrogen) atoms. The van der Waals surface area contributed by atoms with Crippen LogP contribution in [0.4, 0.5) is 0 Å². The van der Waals surface area contributed by atoms with E-state index in [-0.39, 0.29) is 58.0 Å². The Labute approximate surface area is 308 Å². The first-order valence-corrected chi connectivity index (χ1v) is 18.8. The number of allylic oxidation sites excluding steroid dienone is 8. The lowest BCUT2D eigenvalue weighted by Crippen LogP contribution is -2.62. The molecule has 276 valence electrons. The topological polar surface area (TPSA) is 123 Å². The second-order valence-corrected chi connectivity index (χ2v) is 17.0. The van der Waals surface area contributed by atoms with Crippen molar-refractivity contribution in [1.29, 1.82) is 5.26 Å². The van der Waals surface area contributed by atoms with E-state index in [2.05, 4.69) is 46.8 Å². The second-order valence-electron chi connectivity index (χ2n) is 17.0. The lowest BCUT2D eigenvalue weighted by molar-refractivity contribution is -0.182. The van der Waals surface area contributed by atoms with E-state index in [4.69, 9.17) is 14.2 Å². The first kappa shape index (κ1) is 37.4. The lowest BCUT2D eigenvalue weighted by atomic mass is 9.34. The molecule has 8 nitrogen and oxygen atoms in total. The van der Waals surface area contributed by atoms with E-state index in [1.165, 1.54) is 11.6 Å². The largest absolute Gasteiger partial charge is 0.504 e. The number of methoxy groups -OCH3 is 1. The summed E-state index contributed by atoms with van der Waals surface area (Å²) in [5.41, 5.74) is 3.91. The Balaban J connectivity index is 1.08. The van der Waals surface area contributed by atoms with Crippen LogP contribution in [0.2, 0.25) is 0 Å². The molecule has 8 heteroatoms. The van der Waals surface area contributed by atoms with Gasteiger partial charge in [0.15, 0.2) is 5.76 Å². The summed E-state index contributed by atoms with van der Waals surface area (Å²) < 4.78 is 16.4. The molecule has 0 radical (unpaired) electrons. The zero-order chi connectivity index (χ0) is 37.7. The van der Waals surface area contributed by atoms with Crippen LogP contribution in [0.5, 0.6) is 5.75 Å². The van der Waals surface area contributed by atoms with E-state index in [0.29, 0.717) is 35.6 Å². The zero-order valence-corrected chi connectivity index (χ0v) is 31.8. The number of rotatable bonds is 9. The molecule has 3 fully saturated rings. The SMILES string of the molecule is COc1ccc(/C(C#N)=C/C(=O)OCCCCOC(=O)[C@]2(C)CC[C@]3(C)CC[C@]4(C)C5=CC=C6C(=CC(=O)C(O)=C6C)[C@]5(C)CC[C@@]4(C)[C@@H]3C2)cc1. The molecule has 0 heterocycles. The monoisotopic (exact) mass is 707 g/mol. The Hall–Kier alpha value is -4.38. The molecule has 0 saturated heterocycles. The number of unbranched alkanes of at least 4 members (excludes halogenated alkanes) is 1. The number of aliphatic hydroxyl groups is 1. The molecule has 0 aliphatic heterocycles. The molecule has 1 N–H and O–H groups in total. The number of hydrogen-bond donors (Lipinski definition) is 1. The van der Waals surface area contributed by atoms with Gasteiger partial charge in [-0.3, -0.25) is 9.59 Å². The van der Waals surface area contributed by atoms with Crippen molar-refractivity contribution < 1.29 is 33.7 Å². The van der Waals surface area contributed by atoms with E-state index in [0.717, 1.165) is 56.1 Å². The van der Waals surface area contributed by atoms with Crippen molar-refractivity contribution in [3.05, 3.63) is 82.2 Å². The van der Waals surface area contributed by atoms with E-state index in [1.54, 1.807) is 37.5 Å². The summed E-state index contributed by atoms with van der Waals surface area (Å²) in [5, 5.41) is 20.0. The van der Waals surface area contributed by atoms with E-state index < -0.39 is 11.4 Å². The van der Waals surface area contributed by atoms with Crippen molar-refractivity contribution in [2.24, 2.45) is 33.0 Å². The second kappa shape index (κ2) is 13.5. The molecule has 0 bridgehead atoms. The minimum absolute atomic E-state index is 0.0536. The third-order valence-corrected chi connectivity index (χ3v) is 14.2. The number of ketones is 1. The Morgan fingerprint density at radius 2 is 1.62 bits per heavy atom. The Bertz CT molecular complexity index is 1870. The van der Waals surface area contributed by atoms with Gasteiger partial charge in [0, 0.05) is 17.1 Å². The Morgan fingerprint density at radius 3 is 2.29 bits per heavy atom. The van der Waals surface area contributed by atoms with Gasteiger partial charge in [-0.05, 0) is 141 Å². The molecular weight excluding hydrogens is 654 g/mol. The molecule has 0 unspecified atom stereocenters. The number of fused-ring (bicyclic) bond motifs is 7. The third-order valence-electron chi connectivity index (χ3n) is 14.2. The van der Waals surface area contributed by atoms with Gasteiger partial charge in [-0.25, -0.2) is 4.79 Å². The highest BCUT2D eigenvalue weighted by Crippen LogP contribution is 2.75. The summed E-state index contributed by atoms with van der Waals surface area (Å²) in [6.45, 7) is 13.9. The maximum absolute atomic E-state index is 13.8. The van der Waals surface area contributed by atoms with Gasteiger partial charge in [-0.1, -0.05) is 45.4 Å². The number of aliphatic hydroxyl groups excluding tert-OH is 1. The summed E-state index contributed by atoms with van der Waals surface area (Å²) in [6.07, 6.45) is 14.9. The number of carbonyl (C=O) groups is 3. The van der Waals surface area contributed by atoms with Gasteiger partial charge in [0.05, 0.1) is 31.3 Å². The summed E-state index contributed by atoms with van der Waals surface area (Å²) in [7, 11) is 1.56. The maximum Gasteiger partial charge on any atom is 0.332 e. The average Bonchev–Trinajstić information content (AvgIpc) is 3.13. The number of esters is 2. The number of nitriles is 1. The highest BCUT2D eigenvalue weighted by Gasteiger charge is 2.67. The van der Waals surface area contributed by atoms with Crippen molar-refractivity contribution in [3.63, 3.8) is 0 Å². The van der Waals surface area contributed by atoms with Crippen LogP contribution >= 0.6 is 0 Å². The standard InChI is InChI=1S/C44H53NO7/c1-28-32-14-15-35-42(4,33(32)25-34(46)38(28)48)19-21-44(6)36-26-41(3,17-16-40(36,2)18-20-43(35,44)5)39(49)52-23-9-8-22-51-37(47)24-30(27-45)29-10-12-31(50-7)13-11-29/h10-15,24-25,36,48H,8-9,16-23,26H2,1-7H3/b30-24+/t36-,40-,41-,42+,43-,44+/m1/s1. The van der Waals surface area contributed by atoms with Crippen LogP contribution < -0.4 is 4.74 Å². The van der Waals surface area contributed by atoms with Crippen molar-refractivity contribution >= 4 is 23.3 Å². The molecule has 6 rings (SSSR count). The van der Waals surface area contributed by atoms with Crippen LogP contribution in [-0.2, 0) is 23.9 Å². The first-order valence-electron chi connectivity index (χ1n) is 18.8. The fourth-order valence-electron chi connectivity index (χ4n) is 10.5. The fraction of sp³-hybridized carbons (Fsp3) is 0.545. The van der Waals surface area contributed by atoms with Crippen molar-refractivity contribution in [1.82, 2.24) is 0 Å². The quantitative estimate of drug-likeness (QED) is 0.117. The fourth-order valence-corrected chi connectivity index (χ4v) is 10.5. The van der Waals surface area contributed by atoms with E-state index in [9.17, 15) is 24.8 Å². The number of nitrogens with zero attached hydrogens (tertiary/aromatic N) is 1. The maximum atomic E-state index is 13.8. The number of benzene rings is 1. The van der Waals surface area contributed by atoms with Crippen LogP contribution in [0.3, 0.4) is 0 Å². The van der Waals surface area contributed by atoms with Gasteiger partial charge in [0.1, 0.15) is 11.8 Å². The predicted octanol–water partition coefficient (Wildman–Crippen LogP) is 9.10. The number of ether oxygens (including phenoxy) is 3. The third kappa shape index (κ3) is 6.04. The van der Waals surface area contributed by atoms with Crippen LogP contribution in [0.15, 0.2) is 76.6 Å². The molecule has 6 atom stereocenters. The van der Waals surface area contributed by atoms with Crippen molar-refractivity contribution in [3.8, 4) is 11.8 Å². The molecule has 5 aliphatic carbocycles. The molecule has 5 aliphatic rings. The summed E-state index contributed by atoms with van der Waals surface area (Å²) in [5.74, 6) is -0.230. The van der Waals surface area contributed by atoms with Crippen LogP contribution in [0.1, 0.15) is 105 Å². The van der Waals surface area contributed by atoms with Gasteiger partial charge in [-0.15, -0.1) is 0 Å². The molecular formula is C44H53NO7. The normalized spacial score (nSPS) is 33.9. The molecule has 1 aromatic rings. The minimum Gasteiger partial charge on any atom is -0.504 e. The summed E-state index contributed by atoms with van der Waals surface area (Å²) >= 11 is 0. The first-order chi connectivity index (χ1) is 24.5. The summed E-state index contributed by atoms with van der Waals surface area (Å²) in [4.78, 5) is 39.0. The van der Waals surface area contributed by atoms with Gasteiger partial charge in [-0.2, -0.15) is 5.26 Å². The lowest BCUT2D eigenvalue weighted by Gasteiger charge is -2.70. The molecule has 0 aromatic heterocycles. The van der Waals surface area contributed by atoms with Gasteiger partial charge in [0.2, 0.25) is 5.78 Å². The van der Waals surface area contributed by atoms with Crippen LogP contribution in [0.25, 0.3) is 5.57 Å². The summed E-state index contributed by atoms with van der Waals surface area (Å²) in [6, 6.07) is 8.93. The van der Waals surface area contributed by atoms with Crippen LogP contribution in [-0.4, -0.2) is 43.2 Å². The van der Waals surface area contributed by atoms with Crippen molar-refractivity contribution in [2.75, 3.05) is 20.3 Å². The van der Waals surface area contributed by atoms with Crippen molar-refractivity contribution in [2.45, 2.75) is 99.3 Å². The highest BCUT2D eigenvalue weighted by atomic mass is 16.5. The average molecular weight is 708 g/mol. The van der Waals surface area contributed by atoms with Gasteiger partial charge >= 0.3 is 11.9 Å². The predicted molar refractivity (Wildman–Crippen MR) is 199 cm³/mol.